The first-order chi connectivity index (χ1) is 8.49. The van der Waals surface area contributed by atoms with Gasteiger partial charge in [-0.1, -0.05) is 13.8 Å². The summed E-state index contributed by atoms with van der Waals surface area (Å²) >= 11 is 0. The van der Waals surface area contributed by atoms with Gasteiger partial charge in [0.05, 0.1) is 12.2 Å². The van der Waals surface area contributed by atoms with Crippen molar-refractivity contribution in [2.45, 2.75) is 45.8 Å². The van der Waals surface area contributed by atoms with Crippen LogP contribution in [0.3, 0.4) is 0 Å². The van der Waals surface area contributed by atoms with Gasteiger partial charge in [0.15, 0.2) is 0 Å². The zero-order chi connectivity index (χ0) is 13.3. The molecular weight excluding hydrogens is 226 g/mol. The number of carbonyl (C=O) groups excluding carboxylic acids is 1. The van der Waals surface area contributed by atoms with Crippen LogP contribution in [0.5, 0.6) is 0 Å². The van der Waals surface area contributed by atoms with Crippen LogP contribution in [0.1, 0.15) is 33.6 Å². The fraction of sp³-hybridized carbons (Fsp3) is 0.929. The maximum Gasteiger partial charge on any atom is 0.241 e. The predicted molar refractivity (Wildman–Crippen MR) is 73.2 cm³/mol. The van der Waals surface area contributed by atoms with Gasteiger partial charge in [-0.3, -0.25) is 10.1 Å². The van der Waals surface area contributed by atoms with E-state index in [0.29, 0.717) is 17.7 Å². The van der Waals surface area contributed by atoms with Crippen molar-refractivity contribution < 1.29 is 4.79 Å². The van der Waals surface area contributed by atoms with E-state index in [4.69, 9.17) is 0 Å². The number of piperidine rings is 1. The molecule has 0 aromatic carbocycles. The fourth-order valence-electron chi connectivity index (χ4n) is 3.04. The first kappa shape index (κ1) is 13.8. The number of hydrogen-bond donors (Lipinski definition) is 1. The maximum absolute atomic E-state index is 12.3. The van der Waals surface area contributed by atoms with Crippen LogP contribution >= 0.6 is 0 Å². The first-order valence-corrected chi connectivity index (χ1v) is 7.24. The minimum Gasteiger partial charge on any atom is -0.326 e. The molecular formula is C14H27N3O. The molecule has 1 N–H and O–H groups in total. The smallest absolute Gasteiger partial charge is 0.241 e. The second kappa shape index (κ2) is 5.57. The Balaban J connectivity index is 1.91. The van der Waals surface area contributed by atoms with E-state index in [-0.39, 0.29) is 12.2 Å². The van der Waals surface area contributed by atoms with Crippen molar-refractivity contribution in [1.82, 2.24) is 15.1 Å². The summed E-state index contributed by atoms with van der Waals surface area (Å²) in [6, 6.07) is 0.0197. The lowest BCUT2D eigenvalue weighted by atomic mass is 9.96. The maximum atomic E-state index is 12.3. The van der Waals surface area contributed by atoms with Crippen molar-refractivity contribution in [1.29, 1.82) is 0 Å². The highest BCUT2D eigenvalue weighted by atomic mass is 16.2. The Morgan fingerprint density at radius 2 is 1.94 bits per heavy atom. The van der Waals surface area contributed by atoms with Crippen molar-refractivity contribution in [3.05, 3.63) is 0 Å². The van der Waals surface area contributed by atoms with Crippen LogP contribution in [0.2, 0.25) is 0 Å². The summed E-state index contributed by atoms with van der Waals surface area (Å²) in [5.74, 6) is 1.36. The Morgan fingerprint density at radius 1 is 1.33 bits per heavy atom. The van der Waals surface area contributed by atoms with Crippen LogP contribution < -0.4 is 5.32 Å². The zero-order valence-electron chi connectivity index (χ0n) is 12.1. The van der Waals surface area contributed by atoms with E-state index >= 15 is 0 Å². The third-order valence-electron chi connectivity index (χ3n) is 4.40. The second-order valence-electron chi connectivity index (χ2n) is 6.30. The highest BCUT2D eigenvalue weighted by Gasteiger charge is 2.38. The van der Waals surface area contributed by atoms with E-state index in [9.17, 15) is 4.79 Å². The van der Waals surface area contributed by atoms with Crippen LogP contribution in [0, 0.1) is 11.8 Å². The van der Waals surface area contributed by atoms with Gasteiger partial charge in [-0.15, -0.1) is 0 Å². The number of nitrogens with one attached hydrogen (secondary N) is 1. The molecule has 0 aliphatic carbocycles. The Kier molecular flexibility index (Phi) is 4.28. The number of carbonyl (C=O) groups is 1. The standard InChI is InChI=1S/C14H27N3O/c1-10(2)13-14(18)17(11(3)15-13)9-12-5-7-16(4)8-6-12/h10-13,15H,5-9H2,1-4H3. The summed E-state index contributed by atoms with van der Waals surface area (Å²) in [7, 11) is 2.18. The SMILES string of the molecule is CC(C)C1NC(C)N(CC2CCN(C)CC2)C1=O. The molecule has 0 aromatic heterocycles. The number of rotatable bonds is 3. The quantitative estimate of drug-likeness (QED) is 0.819. The molecule has 2 aliphatic heterocycles. The van der Waals surface area contributed by atoms with Gasteiger partial charge < -0.3 is 9.80 Å². The van der Waals surface area contributed by atoms with Crippen molar-refractivity contribution in [3.8, 4) is 0 Å². The molecule has 0 aromatic rings. The predicted octanol–water partition coefficient (Wildman–Crippen LogP) is 1.13. The van der Waals surface area contributed by atoms with Crippen LogP contribution in [-0.4, -0.2) is 54.6 Å². The summed E-state index contributed by atoms with van der Waals surface area (Å²) in [6.45, 7) is 9.60. The number of amides is 1. The van der Waals surface area contributed by atoms with Crippen molar-refractivity contribution in [2.75, 3.05) is 26.7 Å². The van der Waals surface area contributed by atoms with Gasteiger partial charge in [-0.2, -0.15) is 0 Å². The lowest BCUT2D eigenvalue weighted by Gasteiger charge is -2.32. The second-order valence-corrected chi connectivity index (χ2v) is 6.30. The molecule has 4 nitrogen and oxygen atoms in total. The summed E-state index contributed by atoms with van der Waals surface area (Å²) < 4.78 is 0. The fourth-order valence-corrected chi connectivity index (χ4v) is 3.04. The summed E-state index contributed by atoms with van der Waals surface area (Å²) in [4.78, 5) is 16.8. The average molecular weight is 253 g/mol. The van der Waals surface area contributed by atoms with E-state index in [1.54, 1.807) is 0 Å². The van der Waals surface area contributed by atoms with Crippen LogP contribution in [0.4, 0.5) is 0 Å². The third kappa shape index (κ3) is 2.86. The van der Waals surface area contributed by atoms with Gasteiger partial charge in [0.1, 0.15) is 0 Å². The van der Waals surface area contributed by atoms with Gasteiger partial charge in [-0.05, 0) is 51.7 Å². The molecule has 104 valence electrons. The van der Waals surface area contributed by atoms with E-state index in [1.165, 1.54) is 25.9 Å². The Hall–Kier alpha value is -0.610. The third-order valence-corrected chi connectivity index (χ3v) is 4.40. The van der Waals surface area contributed by atoms with E-state index in [0.717, 1.165) is 6.54 Å². The number of nitrogens with zero attached hydrogens (tertiary/aromatic N) is 2. The first-order valence-electron chi connectivity index (χ1n) is 7.24. The van der Waals surface area contributed by atoms with Crippen molar-refractivity contribution >= 4 is 5.91 Å². The number of likely N-dealkylation sites (tertiary alicyclic amines) is 1. The van der Waals surface area contributed by atoms with E-state index in [1.807, 2.05) is 0 Å². The van der Waals surface area contributed by atoms with Gasteiger partial charge in [0, 0.05) is 6.54 Å². The Morgan fingerprint density at radius 3 is 2.44 bits per heavy atom. The minimum atomic E-state index is 0.0197. The summed E-state index contributed by atoms with van der Waals surface area (Å²) in [6.07, 6.45) is 2.64. The molecule has 2 saturated heterocycles. The van der Waals surface area contributed by atoms with Crippen LogP contribution in [0.25, 0.3) is 0 Å². The summed E-state index contributed by atoms with van der Waals surface area (Å²) in [5, 5.41) is 3.42. The van der Waals surface area contributed by atoms with E-state index < -0.39 is 0 Å². The summed E-state index contributed by atoms with van der Waals surface area (Å²) in [5.41, 5.74) is 0. The van der Waals surface area contributed by atoms with Crippen LogP contribution in [0.15, 0.2) is 0 Å². The molecule has 2 aliphatic rings. The molecule has 2 rings (SSSR count). The van der Waals surface area contributed by atoms with Crippen molar-refractivity contribution in [3.63, 3.8) is 0 Å². The molecule has 2 fully saturated rings. The minimum absolute atomic E-state index is 0.0197. The lowest BCUT2D eigenvalue weighted by molar-refractivity contribution is -0.131. The van der Waals surface area contributed by atoms with Crippen LogP contribution in [-0.2, 0) is 4.79 Å². The topological polar surface area (TPSA) is 35.6 Å². The molecule has 2 unspecified atom stereocenters. The van der Waals surface area contributed by atoms with Gasteiger partial charge in [-0.25, -0.2) is 0 Å². The Bertz CT molecular complexity index is 297. The molecule has 2 atom stereocenters. The molecule has 4 heteroatoms. The largest absolute Gasteiger partial charge is 0.326 e. The molecule has 1 amide bonds. The molecule has 0 radical (unpaired) electrons. The molecule has 18 heavy (non-hydrogen) atoms. The Labute approximate surface area is 111 Å². The zero-order valence-corrected chi connectivity index (χ0v) is 12.1. The monoisotopic (exact) mass is 253 g/mol. The van der Waals surface area contributed by atoms with Crippen molar-refractivity contribution in [2.24, 2.45) is 11.8 Å². The number of hydrogen-bond acceptors (Lipinski definition) is 3. The molecule has 0 spiro atoms. The highest BCUT2D eigenvalue weighted by Crippen LogP contribution is 2.22. The normalized spacial score (nSPS) is 31.6. The molecule has 0 saturated carbocycles. The molecule has 2 heterocycles. The highest BCUT2D eigenvalue weighted by molar-refractivity contribution is 5.84. The van der Waals surface area contributed by atoms with Gasteiger partial charge in [0.2, 0.25) is 5.91 Å². The van der Waals surface area contributed by atoms with E-state index in [2.05, 4.69) is 42.9 Å². The van der Waals surface area contributed by atoms with Gasteiger partial charge in [0.25, 0.3) is 0 Å². The molecule has 0 bridgehead atoms. The lowest BCUT2D eigenvalue weighted by Crippen LogP contribution is -2.41. The average Bonchev–Trinajstić information content (AvgIpc) is 2.60. The van der Waals surface area contributed by atoms with Gasteiger partial charge >= 0.3 is 0 Å².